The Morgan fingerprint density at radius 1 is 1.06 bits per heavy atom. The minimum atomic E-state index is -0.117. The predicted octanol–water partition coefficient (Wildman–Crippen LogP) is 4.51. The summed E-state index contributed by atoms with van der Waals surface area (Å²) < 4.78 is 0. The highest BCUT2D eigenvalue weighted by Gasteiger charge is 2.15. The monoisotopic (exact) mass is 469 g/mol. The normalized spacial score (nSPS) is 11.8. The van der Waals surface area contributed by atoms with Crippen LogP contribution in [0.2, 0.25) is 0 Å². The summed E-state index contributed by atoms with van der Waals surface area (Å²) in [7, 11) is 1.64. The standard InChI is InChI=1S/C27H31N7O/c1-5-34(6-2)20-12-19(15-29-16-20)24-13-25(33-17-32-24)31-14-18(3)21-8-7-9-22-23(27(35)28-4)10-11-30-26(21)22/h7-13,15-18H,5-6,14H2,1-4H3,(H,28,35)(H,31,32,33)/t18-/m1/s1. The molecule has 0 aliphatic carbocycles. The van der Waals surface area contributed by atoms with E-state index >= 15 is 0 Å². The van der Waals surface area contributed by atoms with Crippen molar-refractivity contribution in [2.45, 2.75) is 26.7 Å². The molecule has 4 aromatic rings. The van der Waals surface area contributed by atoms with Gasteiger partial charge in [-0.2, -0.15) is 0 Å². The first-order valence-electron chi connectivity index (χ1n) is 11.9. The van der Waals surface area contributed by atoms with Crippen LogP contribution >= 0.6 is 0 Å². The van der Waals surface area contributed by atoms with Crippen LogP contribution < -0.4 is 15.5 Å². The van der Waals surface area contributed by atoms with E-state index in [2.05, 4.69) is 68.4 Å². The fourth-order valence-electron chi connectivity index (χ4n) is 4.24. The molecule has 180 valence electrons. The molecule has 3 aromatic heterocycles. The Bertz CT molecular complexity index is 1320. The van der Waals surface area contributed by atoms with Crippen LogP contribution in [0.5, 0.6) is 0 Å². The van der Waals surface area contributed by atoms with Crippen LogP contribution in [-0.4, -0.2) is 52.5 Å². The number of hydrogen-bond donors (Lipinski definition) is 2. The van der Waals surface area contributed by atoms with Crippen LogP contribution in [0.3, 0.4) is 0 Å². The molecule has 0 spiro atoms. The van der Waals surface area contributed by atoms with E-state index in [9.17, 15) is 4.79 Å². The van der Waals surface area contributed by atoms with Crippen molar-refractivity contribution >= 4 is 28.3 Å². The zero-order chi connectivity index (χ0) is 24.8. The molecule has 35 heavy (non-hydrogen) atoms. The Morgan fingerprint density at radius 3 is 2.66 bits per heavy atom. The molecule has 0 saturated heterocycles. The van der Waals surface area contributed by atoms with E-state index < -0.39 is 0 Å². The number of nitrogens with one attached hydrogen (secondary N) is 2. The lowest BCUT2D eigenvalue weighted by atomic mass is 9.96. The highest BCUT2D eigenvalue weighted by atomic mass is 16.1. The number of para-hydroxylation sites is 1. The average Bonchev–Trinajstić information content (AvgIpc) is 2.91. The van der Waals surface area contributed by atoms with Crippen molar-refractivity contribution < 1.29 is 4.79 Å². The Kier molecular flexibility index (Phi) is 7.50. The van der Waals surface area contributed by atoms with E-state index in [0.29, 0.717) is 12.1 Å². The molecular weight excluding hydrogens is 438 g/mol. The van der Waals surface area contributed by atoms with Gasteiger partial charge in [-0.15, -0.1) is 0 Å². The lowest BCUT2D eigenvalue weighted by molar-refractivity contribution is 0.0964. The summed E-state index contributed by atoms with van der Waals surface area (Å²) in [5.41, 5.74) is 5.39. The number of nitrogens with zero attached hydrogens (tertiary/aromatic N) is 5. The largest absolute Gasteiger partial charge is 0.371 e. The van der Waals surface area contributed by atoms with Crippen molar-refractivity contribution in [3.05, 3.63) is 72.4 Å². The van der Waals surface area contributed by atoms with Crippen molar-refractivity contribution in [1.82, 2.24) is 25.3 Å². The van der Waals surface area contributed by atoms with Gasteiger partial charge in [-0.1, -0.05) is 25.1 Å². The number of hydrogen-bond acceptors (Lipinski definition) is 7. The molecule has 0 saturated carbocycles. The molecule has 1 atom stereocenters. The quantitative estimate of drug-likeness (QED) is 0.372. The van der Waals surface area contributed by atoms with Crippen LogP contribution in [0, 0.1) is 0 Å². The number of carbonyl (C=O) groups is 1. The summed E-state index contributed by atoms with van der Waals surface area (Å²) in [5, 5.41) is 6.99. The SMILES string of the molecule is CCN(CC)c1cncc(-c2cc(NC[C@@H](C)c3cccc4c(C(=O)NC)ccnc34)ncn2)c1. The Morgan fingerprint density at radius 2 is 1.89 bits per heavy atom. The van der Waals surface area contributed by atoms with Gasteiger partial charge in [0.2, 0.25) is 0 Å². The number of anilines is 2. The maximum absolute atomic E-state index is 12.3. The van der Waals surface area contributed by atoms with Gasteiger partial charge in [0.1, 0.15) is 12.1 Å². The van der Waals surface area contributed by atoms with Gasteiger partial charge in [-0.05, 0) is 31.5 Å². The number of amides is 1. The summed E-state index contributed by atoms with van der Waals surface area (Å²) in [6.07, 6.45) is 6.97. The van der Waals surface area contributed by atoms with Crippen LogP contribution in [0.25, 0.3) is 22.2 Å². The van der Waals surface area contributed by atoms with Crippen LogP contribution in [0.4, 0.5) is 11.5 Å². The summed E-state index contributed by atoms with van der Waals surface area (Å²) in [6.45, 7) is 8.89. The van der Waals surface area contributed by atoms with Crippen LogP contribution in [0.1, 0.15) is 42.6 Å². The van der Waals surface area contributed by atoms with Gasteiger partial charge in [0.05, 0.1) is 28.7 Å². The maximum atomic E-state index is 12.3. The number of pyridine rings is 2. The molecule has 0 aliphatic rings. The number of rotatable bonds is 9. The Labute approximate surface area is 205 Å². The van der Waals surface area contributed by atoms with Gasteiger partial charge in [0.25, 0.3) is 5.91 Å². The third-order valence-corrected chi connectivity index (χ3v) is 6.21. The maximum Gasteiger partial charge on any atom is 0.251 e. The smallest absolute Gasteiger partial charge is 0.251 e. The molecule has 3 heterocycles. The van der Waals surface area contributed by atoms with E-state index in [1.54, 1.807) is 25.6 Å². The number of aromatic nitrogens is 4. The van der Waals surface area contributed by atoms with Crippen molar-refractivity contribution in [1.29, 1.82) is 0 Å². The fraction of sp³-hybridized carbons (Fsp3) is 0.296. The fourth-order valence-corrected chi connectivity index (χ4v) is 4.24. The molecule has 4 rings (SSSR count). The summed E-state index contributed by atoms with van der Waals surface area (Å²) in [4.78, 5) is 32.4. The number of fused-ring (bicyclic) bond motifs is 1. The molecule has 0 fully saturated rings. The summed E-state index contributed by atoms with van der Waals surface area (Å²) >= 11 is 0. The Balaban J connectivity index is 1.54. The van der Waals surface area contributed by atoms with Crippen LogP contribution in [0.15, 0.2) is 61.3 Å². The van der Waals surface area contributed by atoms with Crippen LogP contribution in [-0.2, 0) is 0 Å². The first-order valence-corrected chi connectivity index (χ1v) is 11.9. The molecule has 1 aromatic carbocycles. The zero-order valence-electron chi connectivity index (χ0n) is 20.6. The van der Waals surface area contributed by atoms with Gasteiger partial charge in [0, 0.05) is 62.0 Å². The van der Waals surface area contributed by atoms with Crippen molar-refractivity contribution in [3.63, 3.8) is 0 Å². The summed E-state index contributed by atoms with van der Waals surface area (Å²) in [6, 6.07) is 11.8. The minimum Gasteiger partial charge on any atom is -0.371 e. The second-order valence-electron chi connectivity index (χ2n) is 8.36. The van der Waals surface area contributed by atoms with Gasteiger partial charge in [0.15, 0.2) is 0 Å². The van der Waals surface area contributed by atoms with Gasteiger partial charge >= 0.3 is 0 Å². The molecule has 8 nitrogen and oxygen atoms in total. The van der Waals surface area contributed by atoms with Gasteiger partial charge < -0.3 is 15.5 Å². The second-order valence-corrected chi connectivity index (χ2v) is 8.36. The third-order valence-electron chi connectivity index (χ3n) is 6.21. The zero-order valence-corrected chi connectivity index (χ0v) is 20.6. The molecular formula is C27H31N7O. The lowest BCUT2D eigenvalue weighted by Crippen LogP contribution is -2.21. The van der Waals surface area contributed by atoms with Crippen molar-refractivity contribution in [2.75, 3.05) is 36.9 Å². The third kappa shape index (κ3) is 5.21. The average molecular weight is 470 g/mol. The number of carbonyl (C=O) groups excluding carboxylic acids is 1. The first kappa shape index (κ1) is 24.1. The predicted molar refractivity (Wildman–Crippen MR) is 141 cm³/mol. The highest BCUT2D eigenvalue weighted by molar-refractivity contribution is 6.06. The Hall–Kier alpha value is -4.07. The molecule has 1 amide bonds. The minimum absolute atomic E-state index is 0.117. The molecule has 0 unspecified atom stereocenters. The van der Waals surface area contributed by atoms with Gasteiger partial charge in [-0.3, -0.25) is 14.8 Å². The van der Waals surface area contributed by atoms with E-state index in [1.165, 1.54) is 0 Å². The van der Waals surface area contributed by atoms with E-state index in [-0.39, 0.29) is 11.8 Å². The highest BCUT2D eigenvalue weighted by Crippen LogP contribution is 2.27. The molecule has 2 N–H and O–H groups in total. The lowest BCUT2D eigenvalue weighted by Gasteiger charge is -2.21. The van der Waals surface area contributed by atoms with E-state index in [1.807, 2.05) is 30.6 Å². The van der Waals surface area contributed by atoms with Crippen molar-refractivity contribution in [2.24, 2.45) is 0 Å². The van der Waals surface area contributed by atoms with E-state index in [0.717, 1.165) is 52.3 Å². The number of benzene rings is 1. The van der Waals surface area contributed by atoms with Gasteiger partial charge in [-0.25, -0.2) is 9.97 Å². The summed E-state index contributed by atoms with van der Waals surface area (Å²) in [5.74, 6) is 0.764. The molecule has 0 bridgehead atoms. The first-order chi connectivity index (χ1) is 17.0. The second kappa shape index (κ2) is 10.9. The van der Waals surface area contributed by atoms with Crippen molar-refractivity contribution in [3.8, 4) is 11.3 Å². The molecule has 0 radical (unpaired) electrons. The van der Waals surface area contributed by atoms with E-state index in [4.69, 9.17) is 0 Å². The topological polar surface area (TPSA) is 95.9 Å². The molecule has 8 heteroatoms. The molecule has 0 aliphatic heterocycles.